The third-order valence-electron chi connectivity index (χ3n) is 5.27. The molecule has 4 heteroatoms. The molecule has 0 aliphatic heterocycles. The maximum absolute atomic E-state index is 12.5. The van der Waals surface area contributed by atoms with Crippen molar-refractivity contribution in [1.29, 1.82) is 0 Å². The van der Waals surface area contributed by atoms with Crippen LogP contribution in [0.3, 0.4) is 0 Å². The molecule has 0 aliphatic rings. The molecular weight excluding hydrogens is 360 g/mol. The minimum absolute atomic E-state index is 0.108. The van der Waals surface area contributed by atoms with E-state index in [9.17, 15) is 9.59 Å². The van der Waals surface area contributed by atoms with Gasteiger partial charge in [-0.25, -0.2) is 0 Å². The number of nitrogens with zero attached hydrogens (tertiary/aromatic N) is 1. The van der Waals surface area contributed by atoms with Crippen LogP contribution in [0.1, 0.15) is 52.5 Å². The standard InChI is InChI=1S/C25H32N2O2/c1-6-20(10-14-24(28)21-11-7-18(2)8-12-21)16-27(5)17-23-15-22(25(29)26-4)13-9-19(23)3/h7-9,11-13,15,17,20H,3,6,10,14,16H2,1-2,4-5H3,(H,26,29)/b23-17-. The SMILES string of the molecule is C=c1ccc(C(=O)NC)c/c1=C/N(C)CC(CC)CCC(=O)c1ccc(C)cc1. The Hall–Kier alpha value is -2.88. The van der Waals surface area contributed by atoms with E-state index >= 15 is 0 Å². The van der Waals surface area contributed by atoms with Gasteiger partial charge in [0.05, 0.1) is 0 Å². The Labute approximate surface area is 173 Å². The third kappa shape index (κ3) is 6.60. The molecule has 1 unspecified atom stereocenters. The Morgan fingerprint density at radius 3 is 2.41 bits per heavy atom. The Kier molecular flexibility index (Phi) is 8.20. The van der Waals surface area contributed by atoms with E-state index in [4.69, 9.17) is 0 Å². The van der Waals surface area contributed by atoms with Crippen LogP contribution in [-0.2, 0) is 0 Å². The number of ketones is 1. The highest BCUT2D eigenvalue weighted by Gasteiger charge is 2.12. The van der Waals surface area contributed by atoms with E-state index in [1.807, 2.05) is 56.6 Å². The molecule has 0 saturated carbocycles. The molecule has 0 saturated heterocycles. The minimum atomic E-state index is -0.108. The van der Waals surface area contributed by atoms with Crippen molar-refractivity contribution in [3.63, 3.8) is 0 Å². The fourth-order valence-electron chi connectivity index (χ4n) is 3.34. The summed E-state index contributed by atoms with van der Waals surface area (Å²) in [5, 5.41) is 4.46. The molecule has 0 bridgehead atoms. The molecule has 1 atom stereocenters. The lowest BCUT2D eigenvalue weighted by Crippen LogP contribution is -2.31. The molecule has 0 aromatic heterocycles. The van der Waals surface area contributed by atoms with Crippen molar-refractivity contribution in [2.75, 3.05) is 20.6 Å². The number of nitrogens with one attached hydrogen (secondary N) is 1. The smallest absolute Gasteiger partial charge is 0.251 e. The van der Waals surface area contributed by atoms with Gasteiger partial charge < -0.3 is 10.2 Å². The lowest BCUT2D eigenvalue weighted by Gasteiger charge is -2.22. The Balaban J connectivity index is 2.02. The zero-order valence-corrected chi connectivity index (χ0v) is 18.0. The molecule has 29 heavy (non-hydrogen) atoms. The van der Waals surface area contributed by atoms with Crippen molar-refractivity contribution in [3.8, 4) is 0 Å². The molecule has 154 valence electrons. The average Bonchev–Trinajstić information content (AvgIpc) is 2.72. The van der Waals surface area contributed by atoms with E-state index in [-0.39, 0.29) is 11.7 Å². The van der Waals surface area contributed by atoms with Crippen LogP contribution < -0.4 is 15.8 Å². The predicted octanol–water partition coefficient (Wildman–Crippen LogP) is 3.12. The molecule has 1 N–H and O–H groups in total. The third-order valence-corrected chi connectivity index (χ3v) is 5.27. The van der Waals surface area contributed by atoms with E-state index in [0.717, 1.165) is 41.0 Å². The predicted molar refractivity (Wildman–Crippen MR) is 120 cm³/mol. The van der Waals surface area contributed by atoms with Crippen LogP contribution >= 0.6 is 0 Å². The van der Waals surface area contributed by atoms with Crippen LogP contribution in [0.25, 0.3) is 12.8 Å². The number of Topliss-reactive ketones (excluding diaryl/α,β-unsaturated/α-hetero) is 1. The number of hydrogen-bond acceptors (Lipinski definition) is 3. The monoisotopic (exact) mass is 392 g/mol. The second kappa shape index (κ2) is 10.6. The van der Waals surface area contributed by atoms with Crippen molar-refractivity contribution in [2.24, 2.45) is 5.92 Å². The number of rotatable bonds is 9. The van der Waals surface area contributed by atoms with Crippen LogP contribution in [0.2, 0.25) is 0 Å². The largest absolute Gasteiger partial charge is 0.380 e. The first-order valence-corrected chi connectivity index (χ1v) is 10.2. The molecule has 0 aliphatic carbocycles. The first-order chi connectivity index (χ1) is 13.8. The van der Waals surface area contributed by atoms with Gasteiger partial charge in [-0.3, -0.25) is 9.59 Å². The van der Waals surface area contributed by atoms with Gasteiger partial charge >= 0.3 is 0 Å². The van der Waals surface area contributed by atoms with Crippen molar-refractivity contribution in [1.82, 2.24) is 10.2 Å². The number of amides is 1. The highest BCUT2D eigenvalue weighted by Crippen LogP contribution is 2.16. The topological polar surface area (TPSA) is 49.4 Å². The zero-order chi connectivity index (χ0) is 21.4. The maximum Gasteiger partial charge on any atom is 0.251 e. The summed E-state index contributed by atoms with van der Waals surface area (Å²) in [6.07, 6.45) is 4.45. The normalized spacial score (nSPS) is 12.5. The van der Waals surface area contributed by atoms with Gasteiger partial charge in [-0.2, -0.15) is 0 Å². The number of hydrogen-bond donors (Lipinski definition) is 1. The van der Waals surface area contributed by atoms with Crippen molar-refractivity contribution >= 4 is 24.5 Å². The van der Waals surface area contributed by atoms with Gasteiger partial charge in [-0.1, -0.05) is 55.8 Å². The summed E-state index contributed by atoms with van der Waals surface area (Å²) in [6, 6.07) is 13.3. The van der Waals surface area contributed by atoms with Crippen LogP contribution in [0.5, 0.6) is 0 Å². The van der Waals surface area contributed by atoms with E-state index in [2.05, 4.69) is 23.7 Å². The summed E-state index contributed by atoms with van der Waals surface area (Å²) in [5.41, 5.74) is 2.57. The van der Waals surface area contributed by atoms with E-state index in [1.165, 1.54) is 0 Å². The van der Waals surface area contributed by atoms with Gasteiger partial charge in [0.25, 0.3) is 5.91 Å². The van der Waals surface area contributed by atoms with Crippen LogP contribution in [0, 0.1) is 12.8 Å². The number of carbonyl (C=O) groups excluding carboxylic acids is 2. The number of aryl methyl sites for hydroxylation is 1. The summed E-state index contributed by atoms with van der Waals surface area (Å²) >= 11 is 0. The summed E-state index contributed by atoms with van der Waals surface area (Å²) < 4.78 is 0. The lowest BCUT2D eigenvalue weighted by atomic mass is 9.96. The summed E-state index contributed by atoms with van der Waals surface area (Å²) in [5.74, 6) is 0.512. The van der Waals surface area contributed by atoms with Gasteiger partial charge in [0.15, 0.2) is 5.78 Å². The van der Waals surface area contributed by atoms with Crippen molar-refractivity contribution < 1.29 is 9.59 Å². The van der Waals surface area contributed by atoms with E-state index in [1.54, 1.807) is 13.1 Å². The minimum Gasteiger partial charge on any atom is -0.380 e. The van der Waals surface area contributed by atoms with Gasteiger partial charge in [0.2, 0.25) is 0 Å². The molecule has 1 amide bonds. The summed E-state index contributed by atoms with van der Waals surface area (Å²) in [6.45, 7) is 9.10. The highest BCUT2D eigenvalue weighted by atomic mass is 16.1. The molecule has 0 spiro atoms. The second-order valence-electron chi connectivity index (χ2n) is 7.66. The molecule has 0 fully saturated rings. The number of carbonyl (C=O) groups is 2. The van der Waals surface area contributed by atoms with E-state index < -0.39 is 0 Å². The maximum atomic E-state index is 12.5. The van der Waals surface area contributed by atoms with Crippen LogP contribution in [-0.4, -0.2) is 37.2 Å². The molecule has 0 heterocycles. The molecule has 0 radical (unpaired) electrons. The van der Waals surface area contributed by atoms with Gasteiger partial charge in [0, 0.05) is 44.4 Å². The van der Waals surface area contributed by atoms with E-state index in [0.29, 0.717) is 17.9 Å². The lowest BCUT2D eigenvalue weighted by molar-refractivity contribution is 0.0958. The van der Waals surface area contributed by atoms with Gasteiger partial charge in [-0.05, 0) is 41.8 Å². The van der Waals surface area contributed by atoms with Crippen molar-refractivity contribution in [3.05, 3.63) is 69.6 Å². The molecule has 2 aromatic rings. The number of benzene rings is 2. The molecule has 2 rings (SSSR count). The first-order valence-electron chi connectivity index (χ1n) is 10.2. The summed E-state index contributed by atoms with van der Waals surface area (Å²) in [4.78, 5) is 26.5. The Morgan fingerprint density at radius 2 is 1.79 bits per heavy atom. The fraction of sp³-hybridized carbons (Fsp3) is 0.360. The summed E-state index contributed by atoms with van der Waals surface area (Å²) in [7, 11) is 3.65. The molecular formula is C25H32N2O2. The molecule has 4 nitrogen and oxygen atoms in total. The Morgan fingerprint density at radius 1 is 1.14 bits per heavy atom. The molecule has 2 aromatic carbocycles. The zero-order valence-electron chi connectivity index (χ0n) is 18.0. The first kappa shape index (κ1) is 22.4. The van der Waals surface area contributed by atoms with Crippen LogP contribution in [0.4, 0.5) is 0 Å². The van der Waals surface area contributed by atoms with Crippen LogP contribution in [0.15, 0.2) is 42.5 Å². The highest BCUT2D eigenvalue weighted by molar-refractivity contribution is 5.96. The van der Waals surface area contributed by atoms with Gasteiger partial charge in [0.1, 0.15) is 0 Å². The fourth-order valence-corrected chi connectivity index (χ4v) is 3.34. The second-order valence-corrected chi connectivity index (χ2v) is 7.66. The van der Waals surface area contributed by atoms with Gasteiger partial charge in [-0.15, -0.1) is 0 Å². The Bertz CT molecular complexity index is 948. The average molecular weight is 393 g/mol. The quantitative estimate of drug-likeness (QED) is 0.667. The van der Waals surface area contributed by atoms with Crippen molar-refractivity contribution in [2.45, 2.75) is 33.1 Å².